The lowest BCUT2D eigenvalue weighted by Gasteiger charge is -2.30. The van der Waals surface area contributed by atoms with Crippen LogP contribution in [0, 0.1) is 0 Å². The highest BCUT2D eigenvalue weighted by atomic mass is 16.2. The zero-order chi connectivity index (χ0) is 14.4. The highest BCUT2D eigenvalue weighted by Crippen LogP contribution is 2.08. The molecule has 2 amide bonds. The molecule has 7 heteroatoms. The first-order valence-corrected chi connectivity index (χ1v) is 7.22. The van der Waals surface area contributed by atoms with Gasteiger partial charge in [-0.15, -0.1) is 0 Å². The topological polar surface area (TPSA) is 116 Å². The summed E-state index contributed by atoms with van der Waals surface area (Å²) in [5, 5.41) is 2.90. The van der Waals surface area contributed by atoms with Crippen LogP contribution in [0.5, 0.6) is 0 Å². The molecule has 1 aliphatic rings. The Morgan fingerprint density at radius 2 is 1.81 bits per heavy atom. The van der Waals surface area contributed by atoms with Crippen molar-refractivity contribution in [3.63, 3.8) is 0 Å². The van der Waals surface area contributed by atoms with E-state index in [1.165, 1.54) is 0 Å². The van der Waals surface area contributed by atoms with Crippen molar-refractivity contribution in [2.45, 2.75) is 52.6 Å². The predicted octanol–water partition coefficient (Wildman–Crippen LogP) is -0.806. The van der Waals surface area contributed by atoms with Gasteiger partial charge in [0.2, 0.25) is 11.8 Å². The molecule has 0 aliphatic carbocycles. The van der Waals surface area contributed by atoms with E-state index < -0.39 is 0 Å². The quantitative estimate of drug-likeness (QED) is 0.663. The predicted molar refractivity (Wildman–Crippen MR) is 83.0 cm³/mol. The summed E-state index contributed by atoms with van der Waals surface area (Å²) in [6, 6.07) is 0.939. The lowest BCUT2D eigenvalue weighted by atomic mass is 10.2. The van der Waals surface area contributed by atoms with Crippen molar-refractivity contribution in [3.8, 4) is 0 Å². The molecular weight excluding hydrogens is 274 g/mol. The molecule has 1 fully saturated rings. The van der Waals surface area contributed by atoms with E-state index in [1.54, 1.807) is 4.90 Å². The van der Waals surface area contributed by atoms with Gasteiger partial charge in [-0.2, -0.15) is 0 Å². The summed E-state index contributed by atoms with van der Waals surface area (Å²) in [5.41, 5.74) is 0. The summed E-state index contributed by atoms with van der Waals surface area (Å²) >= 11 is 0. The Bertz CT molecular complexity index is 313. The number of nitrogens with one attached hydrogen (secondary N) is 1. The smallest absolute Gasteiger partial charge is 0.239 e. The molecule has 1 saturated heterocycles. The number of nitrogens with zero attached hydrogens (tertiary/aromatic N) is 2. The van der Waals surface area contributed by atoms with Crippen LogP contribution in [0.1, 0.15) is 40.5 Å². The normalized spacial score (nSPS) is 14.4. The van der Waals surface area contributed by atoms with Gasteiger partial charge in [-0.25, -0.2) is 0 Å². The first-order chi connectivity index (χ1) is 8.91. The SMILES string of the molecule is CC(C)N(CCNC(=O)CN1CCCC1=O)C(C)C.O.O. The molecule has 0 aromatic carbocycles. The average Bonchev–Trinajstić information content (AvgIpc) is 2.69. The highest BCUT2D eigenvalue weighted by Gasteiger charge is 2.22. The van der Waals surface area contributed by atoms with Crippen LogP contribution in [0.4, 0.5) is 0 Å². The maximum atomic E-state index is 11.7. The Morgan fingerprint density at radius 3 is 2.24 bits per heavy atom. The molecule has 0 aromatic heterocycles. The van der Waals surface area contributed by atoms with Gasteiger partial charge in [-0.05, 0) is 34.1 Å². The van der Waals surface area contributed by atoms with Crippen molar-refractivity contribution in [1.82, 2.24) is 15.1 Å². The first-order valence-electron chi connectivity index (χ1n) is 7.22. The van der Waals surface area contributed by atoms with E-state index >= 15 is 0 Å². The molecular formula is C14H31N3O4. The summed E-state index contributed by atoms with van der Waals surface area (Å²) in [5.74, 6) is 0.0452. The lowest BCUT2D eigenvalue weighted by molar-refractivity contribution is -0.133. The van der Waals surface area contributed by atoms with Gasteiger partial charge in [0.15, 0.2) is 0 Å². The number of carbonyl (C=O) groups excluding carboxylic acids is 2. The van der Waals surface area contributed by atoms with Crippen LogP contribution < -0.4 is 5.32 Å². The maximum Gasteiger partial charge on any atom is 0.239 e. The van der Waals surface area contributed by atoms with Crippen molar-refractivity contribution >= 4 is 11.8 Å². The van der Waals surface area contributed by atoms with Gasteiger partial charge < -0.3 is 21.2 Å². The van der Waals surface area contributed by atoms with E-state index in [0.29, 0.717) is 25.0 Å². The number of hydrogen-bond donors (Lipinski definition) is 1. The maximum absolute atomic E-state index is 11.7. The Labute approximate surface area is 127 Å². The van der Waals surface area contributed by atoms with Crippen LogP contribution in [0.3, 0.4) is 0 Å². The Kier molecular flexibility index (Phi) is 11.1. The third-order valence-corrected chi connectivity index (χ3v) is 3.52. The Morgan fingerprint density at radius 1 is 1.24 bits per heavy atom. The fourth-order valence-electron chi connectivity index (χ4n) is 2.54. The Balaban J connectivity index is 0. The second-order valence-corrected chi connectivity index (χ2v) is 5.69. The Hall–Kier alpha value is -1.18. The number of hydrogen-bond acceptors (Lipinski definition) is 3. The number of amides is 2. The van der Waals surface area contributed by atoms with Crippen molar-refractivity contribution < 1.29 is 20.5 Å². The summed E-state index contributed by atoms with van der Waals surface area (Å²) in [4.78, 5) is 27.1. The first kappa shape index (κ1) is 22.1. The summed E-state index contributed by atoms with van der Waals surface area (Å²) < 4.78 is 0. The van der Waals surface area contributed by atoms with E-state index in [0.717, 1.165) is 19.5 Å². The number of likely N-dealkylation sites (tertiary alicyclic amines) is 1. The molecule has 0 saturated carbocycles. The van der Waals surface area contributed by atoms with E-state index in [1.807, 2.05) is 0 Å². The minimum absolute atomic E-state index is 0. The molecule has 21 heavy (non-hydrogen) atoms. The third-order valence-electron chi connectivity index (χ3n) is 3.52. The molecule has 5 N–H and O–H groups in total. The van der Waals surface area contributed by atoms with Gasteiger partial charge in [-0.1, -0.05) is 0 Å². The van der Waals surface area contributed by atoms with Gasteiger partial charge >= 0.3 is 0 Å². The van der Waals surface area contributed by atoms with E-state index in [-0.39, 0.29) is 29.3 Å². The fraction of sp³-hybridized carbons (Fsp3) is 0.857. The standard InChI is InChI=1S/C14H27N3O2.2H2O/c1-11(2)17(12(3)4)9-7-15-13(18)10-16-8-5-6-14(16)19;;/h11-12H,5-10H2,1-4H3,(H,15,18);2*1H2. The molecule has 0 radical (unpaired) electrons. The molecule has 0 unspecified atom stereocenters. The zero-order valence-corrected chi connectivity index (χ0v) is 13.6. The van der Waals surface area contributed by atoms with Crippen molar-refractivity contribution in [1.29, 1.82) is 0 Å². The molecule has 1 heterocycles. The van der Waals surface area contributed by atoms with Crippen LogP contribution in [0.15, 0.2) is 0 Å². The largest absolute Gasteiger partial charge is 0.412 e. The molecule has 126 valence electrons. The summed E-state index contributed by atoms with van der Waals surface area (Å²) in [6.45, 7) is 11.0. The van der Waals surface area contributed by atoms with E-state index in [9.17, 15) is 9.59 Å². The van der Waals surface area contributed by atoms with Gasteiger partial charge in [-0.3, -0.25) is 14.5 Å². The van der Waals surface area contributed by atoms with Gasteiger partial charge in [0.1, 0.15) is 0 Å². The summed E-state index contributed by atoms with van der Waals surface area (Å²) in [7, 11) is 0. The molecule has 0 bridgehead atoms. The third kappa shape index (κ3) is 7.40. The highest BCUT2D eigenvalue weighted by molar-refractivity contribution is 5.85. The van der Waals surface area contributed by atoms with Crippen molar-refractivity contribution in [3.05, 3.63) is 0 Å². The lowest BCUT2D eigenvalue weighted by Crippen LogP contribution is -2.44. The van der Waals surface area contributed by atoms with Crippen molar-refractivity contribution in [2.75, 3.05) is 26.2 Å². The monoisotopic (exact) mass is 305 g/mol. The van der Waals surface area contributed by atoms with Crippen LogP contribution >= 0.6 is 0 Å². The van der Waals surface area contributed by atoms with Gasteiger partial charge in [0.25, 0.3) is 0 Å². The van der Waals surface area contributed by atoms with Crippen molar-refractivity contribution in [2.24, 2.45) is 0 Å². The number of rotatable bonds is 7. The molecule has 0 spiro atoms. The molecule has 1 aliphatic heterocycles. The van der Waals surface area contributed by atoms with E-state index in [2.05, 4.69) is 37.9 Å². The second kappa shape index (κ2) is 10.5. The minimum atomic E-state index is -0.0530. The van der Waals surface area contributed by atoms with Crippen LogP contribution in [0.2, 0.25) is 0 Å². The average molecular weight is 305 g/mol. The minimum Gasteiger partial charge on any atom is -0.412 e. The molecule has 0 atom stereocenters. The zero-order valence-electron chi connectivity index (χ0n) is 13.6. The van der Waals surface area contributed by atoms with Gasteiger partial charge in [0, 0.05) is 38.1 Å². The second-order valence-electron chi connectivity index (χ2n) is 5.69. The van der Waals surface area contributed by atoms with Gasteiger partial charge in [0.05, 0.1) is 6.54 Å². The molecule has 0 aromatic rings. The van der Waals surface area contributed by atoms with E-state index in [4.69, 9.17) is 0 Å². The fourth-order valence-corrected chi connectivity index (χ4v) is 2.54. The molecule has 7 nitrogen and oxygen atoms in total. The number of carbonyl (C=O) groups is 2. The van der Waals surface area contributed by atoms with Crippen LogP contribution in [0.25, 0.3) is 0 Å². The molecule has 1 rings (SSSR count). The van der Waals surface area contributed by atoms with Crippen LogP contribution in [-0.2, 0) is 9.59 Å². The summed E-state index contributed by atoms with van der Waals surface area (Å²) in [6.07, 6.45) is 1.46. The van der Waals surface area contributed by atoms with Crippen LogP contribution in [-0.4, -0.2) is 70.8 Å².